The Morgan fingerprint density at radius 2 is 1.92 bits per heavy atom. The molecule has 0 radical (unpaired) electrons. The molecule has 0 aromatic heterocycles. The molecule has 0 saturated heterocycles. The van der Waals surface area contributed by atoms with Gasteiger partial charge in [0.2, 0.25) is 5.91 Å². The van der Waals surface area contributed by atoms with Crippen LogP contribution in [-0.2, 0) is 16.8 Å². The fourth-order valence-electron chi connectivity index (χ4n) is 3.04. The van der Waals surface area contributed by atoms with Crippen molar-refractivity contribution in [1.29, 1.82) is 0 Å². The van der Waals surface area contributed by atoms with E-state index in [0.29, 0.717) is 6.54 Å². The Labute approximate surface area is 149 Å². The van der Waals surface area contributed by atoms with Crippen LogP contribution < -0.4 is 4.74 Å². The number of ether oxygens (including phenoxy) is 1. The Kier molecular flexibility index (Phi) is 4.63. The van der Waals surface area contributed by atoms with Gasteiger partial charge in [-0.15, -0.1) is 0 Å². The largest absolute Gasteiger partial charge is 0.494 e. The predicted octanol–water partition coefficient (Wildman–Crippen LogP) is 4.29. The number of amides is 1. The molecule has 2 aromatic carbocycles. The molecule has 1 fully saturated rings. The van der Waals surface area contributed by atoms with Gasteiger partial charge in [0.1, 0.15) is 0 Å². The molecule has 0 heterocycles. The van der Waals surface area contributed by atoms with Crippen LogP contribution in [0.4, 0.5) is 4.39 Å². The first-order valence-corrected chi connectivity index (χ1v) is 8.59. The molecule has 5 heteroatoms. The van der Waals surface area contributed by atoms with Crippen molar-refractivity contribution < 1.29 is 13.9 Å². The summed E-state index contributed by atoms with van der Waals surface area (Å²) in [6.07, 6.45) is 1.71. The number of benzene rings is 2. The van der Waals surface area contributed by atoms with Gasteiger partial charge in [-0.2, -0.15) is 0 Å². The van der Waals surface area contributed by atoms with E-state index in [9.17, 15) is 9.18 Å². The van der Waals surface area contributed by atoms with Crippen LogP contribution in [0.25, 0.3) is 0 Å². The normalized spacial score (nSPS) is 15.0. The van der Waals surface area contributed by atoms with Gasteiger partial charge in [0.25, 0.3) is 0 Å². The molecule has 0 aliphatic heterocycles. The van der Waals surface area contributed by atoms with Crippen LogP contribution in [0.5, 0.6) is 5.75 Å². The third-order valence-electron chi connectivity index (χ3n) is 4.54. The number of hydrogen-bond acceptors (Lipinski definition) is 2. The summed E-state index contributed by atoms with van der Waals surface area (Å²) in [5, 5.41) is 0. The molecule has 126 valence electrons. The predicted molar refractivity (Wildman–Crippen MR) is 94.5 cm³/mol. The first-order chi connectivity index (χ1) is 11.5. The quantitative estimate of drug-likeness (QED) is 0.760. The van der Waals surface area contributed by atoms with E-state index < -0.39 is 11.2 Å². The van der Waals surface area contributed by atoms with E-state index in [1.807, 2.05) is 24.3 Å². The number of hydrogen-bond donors (Lipinski definition) is 0. The molecule has 3 rings (SSSR count). The monoisotopic (exact) mass is 391 g/mol. The highest BCUT2D eigenvalue weighted by atomic mass is 79.9. The molecule has 1 amide bonds. The first-order valence-electron chi connectivity index (χ1n) is 7.80. The van der Waals surface area contributed by atoms with E-state index in [2.05, 4.69) is 15.9 Å². The summed E-state index contributed by atoms with van der Waals surface area (Å²) in [7, 11) is 3.20. The second-order valence-corrected chi connectivity index (χ2v) is 7.13. The molecule has 0 N–H and O–H groups in total. The van der Waals surface area contributed by atoms with Gasteiger partial charge in [0.05, 0.1) is 12.5 Å². The Morgan fingerprint density at radius 3 is 2.46 bits per heavy atom. The lowest BCUT2D eigenvalue weighted by atomic mass is 9.94. The summed E-state index contributed by atoms with van der Waals surface area (Å²) in [5.74, 6) is -0.118. The summed E-state index contributed by atoms with van der Waals surface area (Å²) in [6, 6.07) is 12.7. The maximum atomic E-state index is 13.8. The minimum Gasteiger partial charge on any atom is -0.494 e. The molecular weight excluding hydrogens is 373 g/mol. The zero-order chi connectivity index (χ0) is 17.3. The van der Waals surface area contributed by atoms with Gasteiger partial charge in [-0.3, -0.25) is 4.79 Å². The van der Waals surface area contributed by atoms with E-state index in [4.69, 9.17) is 4.74 Å². The molecule has 0 bridgehead atoms. The van der Waals surface area contributed by atoms with Crippen LogP contribution in [-0.4, -0.2) is 25.0 Å². The highest BCUT2D eigenvalue weighted by molar-refractivity contribution is 9.10. The Hall–Kier alpha value is -1.88. The SMILES string of the molecule is COc1ccc(CN(C)C(=O)C2(c3ccc(Br)cc3)CC2)cc1F. The zero-order valence-corrected chi connectivity index (χ0v) is 15.3. The third kappa shape index (κ3) is 3.18. The van der Waals surface area contributed by atoms with Crippen molar-refractivity contribution in [1.82, 2.24) is 4.90 Å². The van der Waals surface area contributed by atoms with E-state index >= 15 is 0 Å². The van der Waals surface area contributed by atoms with Crippen LogP contribution in [0, 0.1) is 5.82 Å². The molecule has 1 aliphatic carbocycles. The molecule has 1 aliphatic rings. The molecule has 2 aromatic rings. The molecule has 0 atom stereocenters. The van der Waals surface area contributed by atoms with Crippen molar-refractivity contribution in [2.75, 3.05) is 14.2 Å². The number of carbonyl (C=O) groups is 1. The van der Waals surface area contributed by atoms with Crippen molar-refractivity contribution in [2.24, 2.45) is 0 Å². The summed E-state index contributed by atoms with van der Waals surface area (Å²) in [6.45, 7) is 0.373. The van der Waals surface area contributed by atoms with Crippen LogP contribution >= 0.6 is 15.9 Å². The second kappa shape index (κ2) is 6.55. The lowest BCUT2D eigenvalue weighted by molar-refractivity contribution is -0.133. The molecule has 0 unspecified atom stereocenters. The zero-order valence-electron chi connectivity index (χ0n) is 13.7. The highest BCUT2D eigenvalue weighted by Gasteiger charge is 2.52. The van der Waals surface area contributed by atoms with Gasteiger partial charge in [-0.05, 0) is 48.2 Å². The van der Waals surface area contributed by atoms with Crippen LogP contribution in [0.2, 0.25) is 0 Å². The number of nitrogens with zero attached hydrogens (tertiary/aromatic N) is 1. The standard InChI is InChI=1S/C19H19BrFNO2/c1-22(12-13-3-8-17(24-2)16(21)11-13)18(23)19(9-10-19)14-4-6-15(20)7-5-14/h3-8,11H,9-10,12H2,1-2H3. The van der Waals surface area contributed by atoms with E-state index in [1.165, 1.54) is 13.2 Å². The van der Waals surface area contributed by atoms with Crippen molar-refractivity contribution >= 4 is 21.8 Å². The molecule has 3 nitrogen and oxygen atoms in total. The fraction of sp³-hybridized carbons (Fsp3) is 0.316. The number of carbonyl (C=O) groups excluding carboxylic acids is 1. The van der Waals surface area contributed by atoms with Crippen LogP contribution in [0.15, 0.2) is 46.9 Å². The maximum Gasteiger partial charge on any atom is 0.233 e. The lowest BCUT2D eigenvalue weighted by Gasteiger charge is -2.24. The van der Waals surface area contributed by atoms with Gasteiger partial charge in [-0.25, -0.2) is 4.39 Å². The number of rotatable bonds is 5. The van der Waals surface area contributed by atoms with E-state index in [0.717, 1.165) is 28.4 Å². The summed E-state index contributed by atoms with van der Waals surface area (Å²) >= 11 is 3.42. The lowest BCUT2D eigenvalue weighted by Crippen LogP contribution is -2.36. The molecular formula is C19H19BrFNO2. The molecule has 24 heavy (non-hydrogen) atoms. The first kappa shape index (κ1) is 17.0. The van der Waals surface area contributed by atoms with Gasteiger partial charge in [0, 0.05) is 18.1 Å². The average molecular weight is 392 g/mol. The molecule has 0 spiro atoms. The topological polar surface area (TPSA) is 29.5 Å². The van der Waals surface area contributed by atoms with Crippen LogP contribution in [0.3, 0.4) is 0 Å². The fourth-order valence-corrected chi connectivity index (χ4v) is 3.30. The minimum absolute atomic E-state index is 0.0843. The van der Waals surface area contributed by atoms with Crippen LogP contribution in [0.1, 0.15) is 24.0 Å². The van der Waals surface area contributed by atoms with Gasteiger partial charge in [-0.1, -0.05) is 34.1 Å². The van der Waals surface area contributed by atoms with Crippen molar-refractivity contribution in [3.8, 4) is 5.75 Å². The third-order valence-corrected chi connectivity index (χ3v) is 5.07. The molecule has 1 saturated carbocycles. The van der Waals surface area contributed by atoms with E-state index in [-0.39, 0.29) is 11.7 Å². The Balaban J connectivity index is 1.75. The number of methoxy groups -OCH3 is 1. The van der Waals surface area contributed by atoms with E-state index in [1.54, 1.807) is 24.1 Å². The number of likely N-dealkylation sites (N-methyl/N-ethyl adjacent to an activating group) is 1. The Bertz CT molecular complexity index is 756. The van der Waals surface area contributed by atoms with Gasteiger partial charge < -0.3 is 9.64 Å². The highest BCUT2D eigenvalue weighted by Crippen LogP contribution is 2.49. The average Bonchev–Trinajstić information content (AvgIpc) is 3.36. The van der Waals surface area contributed by atoms with Crippen molar-refractivity contribution in [2.45, 2.75) is 24.8 Å². The summed E-state index contributed by atoms with van der Waals surface area (Å²) in [5.41, 5.74) is 1.37. The Morgan fingerprint density at radius 1 is 1.25 bits per heavy atom. The summed E-state index contributed by atoms with van der Waals surface area (Å²) < 4.78 is 19.7. The number of halogens is 2. The minimum atomic E-state index is -0.416. The van der Waals surface area contributed by atoms with Crippen molar-refractivity contribution in [3.63, 3.8) is 0 Å². The second-order valence-electron chi connectivity index (χ2n) is 6.22. The maximum absolute atomic E-state index is 13.8. The van der Waals surface area contributed by atoms with Gasteiger partial charge >= 0.3 is 0 Å². The summed E-state index contributed by atoms with van der Waals surface area (Å²) in [4.78, 5) is 14.6. The van der Waals surface area contributed by atoms with Gasteiger partial charge in [0.15, 0.2) is 11.6 Å². The smallest absolute Gasteiger partial charge is 0.233 e. The van der Waals surface area contributed by atoms with Crippen molar-refractivity contribution in [3.05, 3.63) is 63.9 Å².